The van der Waals surface area contributed by atoms with E-state index in [-0.39, 0.29) is 5.63 Å². The smallest absolute Gasteiger partial charge is 0.336 e. The van der Waals surface area contributed by atoms with E-state index >= 15 is 0 Å². The molecule has 0 unspecified atom stereocenters. The first-order chi connectivity index (χ1) is 10.4. The molecular weight excluding hydrogens is 298 g/mol. The second-order valence-corrected chi connectivity index (χ2v) is 6.36. The highest BCUT2D eigenvalue weighted by atomic mass is 32.2. The molecule has 0 N–H and O–H groups in total. The van der Waals surface area contributed by atoms with Crippen molar-refractivity contribution in [1.29, 1.82) is 0 Å². The summed E-state index contributed by atoms with van der Waals surface area (Å²) >= 11 is 1.48. The quantitative estimate of drug-likeness (QED) is 0.532. The van der Waals surface area contributed by atoms with Gasteiger partial charge in [-0.1, -0.05) is 11.8 Å². The van der Waals surface area contributed by atoms with Crippen LogP contribution in [0.4, 0.5) is 0 Å². The van der Waals surface area contributed by atoms with Crippen molar-refractivity contribution in [3.05, 3.63) is 56.8 Å². The minimum atomic E-state index is -0.328. The summed E-state index contributed by atoms with van der Waals surface area (Å²) in [5.41, 5.74) is 4.42. The molecule has 0 fully saturated rings. The van der Waals surface area contributed by atoms with Gasteiger partial charge in [0.1, 0.15) is 11.3 Å². The van der Waals surface area contributed by atoms with Crippen LogP contribution in [0.25, 0.3) is 11.0 Å². The van der Waals surface area contributed by atoms with Crippen LogP contribution in [-0.4, -0.2) is 4.98 Å². The number of hydrogen-bond donors (Lipinski definition) is 0. The molecule has 1 aromatic carbocycles. The van der Waals surface area contributed by atoms with Gasteiger partial charge < -0.3 is 8.83 Å². The summed E-state index contributed by atoms with van der Waals surface area (Å²) in [5, 5.41) is 1.59. The number of rotatable bonds is 3. The molecule has 0 radical (unpaired) electrons. The Hall–Kier alpha value is -2.01. The van der Waals surface area contributed by atoms with Crippen LogP contribution in [0.1, 0.15) is 28.1 Å². The summed E-state index contributed by atoms with van der Waals surface area (Å²) in [6, 6.07) is 5.53. The number of hydrogen-bond acceptors (Lipinski definition) is 5. The molecule has 0 amide bonds. The van der Waals surface area contributed by atoms with Crippen LogP contribution in [0.3, 0.4) is 0 Å². The summed E-state index contributed by atoms with van der Waals surface area (Å²) in [6.45, 7) is 7.87. The number of benzene rings is 1. The maximum atomic E-state index is 11.8. The zero-order valence-electron chi connectivity index (χ0n) is 13.0. The Labute approximate surface area is 132 Å². The van der Waals surface area contributed by atoms with Gasteiger partial charge in [0, 0.05) is 17.2 Å². The van der Waals surface area contributed by atoms with Crippen molar-refractivity contribution in [3.8, 4) is 0 Å². The average molecular weight is 315 g/mol. The van der Waals surface area contributed by atoms with Gasteiger partial charge in [0.2, 0.25) is 0 Å². The van der Waals surface area contributed by atoms with Crippen molar-refractivity contribution in [1.82, 2.24) is 4.98 Å². The van der Waals surface area contributed by atoms with Crippen LogP contribution in [0.2, 0.25) is 0 Å². The lowest BCUT2D eigenvalue weighted by atomic mass is 10.0. The minimum Gasteiger partial charge on any atom is -0.437 e. The molecule has 114 valence electrons. The number of oxazole rings is 1. The molecule has 0 bridgehead atoms. The number of aromatic nitrogens is 1. The van der Waals surface area contributed by atoms with Gasteiger partial charge >= 0.3 is 5.63 Å². The summed E-state index contributed by atoms with van der Waals surface area (Å²) in [5.74, 6) is 1.44. The van der Waals surface area contributed by atoms with Gasteiger partial charge in [-0.3, -0.25) is 0 Å². The predicted molar refractivity (Wildman–Crippen MR) is 87.5 cm³/mol. The highest BCUT2D eigenvalue weighted by Crippen LogP contribution is 2.28. The summed E-state index contributed by atoms with van der Waals surface area (Å²) in [7, 11) is 0. The SMILES string of the molecule is Cc1cc2oc(=O)cc(CSc3nc(C)c(C)o3)c2cc1C. The highest BCUT2D eigenvalue weighted by molar-refractivity contribution is 7.98. The van der Waals surface area contributed by atoms with E-state index < -0.39 is 0 Å². The first-order valence-electron chi connectivity index (χ1n) is 7.05. The van der Waals surface area contributed by atoms with Gasteiger partial charge in [0.05, 0.1) is 5.69 Å². The molecule has 0 aliphatic rings. The molecule has 3 aromatic rings. The maximum absolute atomic E-state index is 11.8. The second-order valence-electron chi connectivity index (χ2n) is 5.43. The minimum absolute atomic E-state index is 0.328. The molecule has 0 spiro atoms. The van der Waals surface area contributed by atoms with E-state index in [1.54, 1.807) is 6.07 Å². The molecule has 2 heterocycles. The van der Waals surface area contributed by atoms with Gasteiger partial charge in [-0.2, -0.15) is 0 Å². The molecule has 0 saturated carbocycles. The van der Waals surface area contributed by atoms with Crippen LogP contribution in [0.15, 0.2) is 37.1 Å². The first kappa shape index (κ1) is 14.9. The van der Waals surface area contributed by atoms with Crippen molar-refractivity contribution in [3.63, 3.8) is 0 Å². The van der Waals surface area contributed by atoms with Gasteiger partial charge in [0.25, 0.3) is 5.22 Å². The largest absolute Gasteiger partial charge is 0.437 e. The van der Waals surface area contributed by atoms with E-state index in [1.807, 2.05) is 26.8 Å². The highest BCUT2D eigenvalue weighted by Gasteiger charge is 2.11. The van der Waals surface area contributed by atoms with Crippen LogP contribution >= 0.6 is 11.8 Å². The Bertz CT molecular complexity index is 889. The fourth-order valence-electron chi connectivity index (χ4n) is 2.25. The van der Waals surface area contributed by atoms with E-state index in [2.05, 4.69) is 18.0 Å². The van der Waals surface area contributed by atoms with Crippen LogP contribution in [0, 0.1) is 27.7 Å². The number of thioether (sulfide) groups is 1. The Balaban J connectivity index is 1.99. The van der Waals surface area contributed by atoms with Crippen molar-refractivity contribution >= 4 is 22.7 Å². The fraction of sp³-hybridized carbons (Fsp3) is 0.294. The van der Waals surface area contributed by atoms with Crippen LogP contribution in [-0.2, 0) is 5.75 Å². The Morgan fingerprint density at radius 3 is 2.45 bits per heavy atom. The van der Waals surface area contributed by atoms with Gasteiger partial charge in [0.15, 0.2) is 0 Å². The van der Waals surface area contributed by atoms with Crippen molar-refractivity contribution < 1.29 is 8.83 Å². The van der Waals surface area contributed by atoms with E-state index in [0.717, 1.165) is 28.0 Å². The third-order valence-corrected chi connectivity index (χ3v) is 4.68. The summed E-state index contributed by atoms with van der Waals surface area (Å²) < 4.78 is 10.9. The normalized spacial score (nSPS) is 11.3. The molecule has 0 saturated heterocycles. The molecule has 0 aliphatic carbocycles. The van der Waals surface area contributed by atoms with E-state index in [1.165, 1.54) is 17.3 Å². The van der Waals surface area contributed by atoms with E-state index in [4.69, 9.17) is 8.83 Å². The van der Waals surface area contributed by atoms with Crippen LogP contribution < -0.4 is 5.63 Å². The third kappa shape index (κ3) is 2.81. The Morgan fingerprint density at radius 1 is 1.05 bits per heavy atom. The number of fused-ring (bicyclic) bond motifs is 1. The summed E-state index contributed by atoms with van der Waals surface area (Å²) in [4.78, 5) is 16.1. The van der Waals surface area contributed by atoms with Crippen LogP contribution in [0.5, 0.6) is 0 Å². The molecular formula is C17H17NO3S. The fourth-order valence-corrected chi connectivity index (χ4v) is 3.15. The lowest BCUT2D eigenvalue weighted by Gasteiger charge is -2.07. The van der Waals surface area contributed by atoms with Crippen molar-refractivity contribution in [2.24, 2.45) is 0 Å². The topological polar surface area (TPSA) is 56.2 Å². The molecule has 0 aliphatic heterocycles. The van der Waals surface area contributed by atoms with Crippen molar-refractivity contribution in [2.45, 2.75) is 38.7 Å². The molecule has 4 nitrogen and oxygen atoms in total. The zero-order valence-corrected chi connectivity index (χ0v) is 13.8. The van der Waals surface area contributed by atoms with E-state index in [0.29, 0.717) is 16.6 Å². The standard InChI is InChI=1S/C17H17NO3S/c1-9-5-14-13(7-16(19)21-15(14)6-10(9)2)8-22-17-18-11(3)12(4)20-17/h5-7H,8H2,1-4H3. The van der Waals surface area contributed by atoms with Crippen molar-refractivity contribution in [2.75, 3.05) is 0 Å². The second kappa shape index (κ2) is 5.65. The maximum Gasteiger partial charge on any atom is 0.336 e. The lowest BCUT2D eigenvalue weighted by molar-refractivity contribution is 0.431. The first-order valence-corrected chi connectivity index (χ1v) is 8.03. The molecule has 2 aromatic heterocycles. The molecule has 5 heteroatoms. The monoisotopic (exact) mass is 315 g/mol. The molecule has 3 rings (SSSR count). The molecule has 22 heavy (non-hydrogen) atoms. The Morgan fingerprint density at radius 2 is 1.77 bits per heavy atom. The summed E-state index contributed by atoms with van der Waals surface area (Å²) in [6.07, 6.45) is 0. The number of aryl methyl sites for hydroxylation is 4. The van der Waals surface area contributed by atoms with Gasteiger partial charge in [-0.05, 0) is 56.5 Å². The Kier molecular flexibility index (Phi) is 3.83. The average Bonchev–Trinajstić information content (AvgIpc) is 2.77. The predicted octanol–water partition coefficient (Wildman–Crippen LogP) is 4.31. The van der Waals surface area contributed by atoms with Gasteiger partial charge in [-0.25, -0.2) is 9.78 Å². The lowest BCUT2D eigenvalue weighted by Crippen LogP contribution is -2.00. The molecule has 0 atom stereocenters. The third-order valence-electron chi connectivity index (χ3n) is 3.80. The number of nitrogens with zero attached hydrogens (tertiary/aromatic N) is 1. The van der Waals surface area contributed by atoms with E-state index in [9.17, 15) is 4.79 Å². The van der Waals surface area contributed by atoms with Gasteiger partial charge in [-0.15, -0.1) is 0 Å². The zero-order chi connectivity index (χ0) is 15.9.